The highest BCUT2D eigenvalue weighted by molar-refractivity contribution is 5.97. The van der Waals surface area contributed by atoms with Gasteiger partial charge in [0.2, 0.25) is 0 Å². The Balaban J connectivity index is 1.54. The molecule has 140 valence electrons. The van der Waals surface area contributed by atoms with Gasteiger partial charge in [0.1, 0.15) is 0 Å². The zero-order valence-electron chi connectivity index (χ0n) is 15.4. The molecule has 0 aliphatic carbocycles. The van der Waals surface area contributed by atoms with Gasteiger partial charge in [0, 0.05) is 28.7 Å². The second-order valence-corrected chi connectivity index (χ2v) is 7.08. The number of fused-ring (bicyclic) bond motifs is 1. The average Bonchev–Trinajstić information content (AvgIpc) is 3.31. The highest BCUT2D eigenvalue weighted by atomic mass is 19.1. The SMILES string of the molecule is COc1ccc2[nH]cc(C[C@H]3CCCN3CC(=O)c3ccccc3)c2c1F. The van der Waals surface area contributed by atoms with E-state index in [-0.39, 0.29) is 23.4 Å². The number of aromatic nitrogens is 1. The molecule has 0 amide bonds. The van der Waals surface area contributed by atoms with Gasteiger partial charge in [-0.2, -0.15) is 0 Å². The number of Topliss-reactive ketones (excluding diaryl/α,β-unsaturated/α-hetero) is 1. The standard InChI is InChI=1S/C22H23FN2O2/c1-27-20-10-9-18-21(22(20)23)16(13-24-18)12-17-8-5-11-25(17)14-19(26)15-6-3-2-4-7-15/h2-4,6-7,9-10,13,17,24H,5,8,11-12,14H2,1H3/t17-/m1/s1. The van der Waals surface area contributed by atoms with Gasteiger partial charge in [-0.15, -0.1) is 0 Å². The molecule has 1 N–H and O–H groups in total. The number of carbonyl (C=O) groups excluding carboxylic acids is 1. The third-order valence-electron chi connectivity index (χ3n) is 5.45. The summed E-state index contributed by atoms with van der Waals surface area (Å²) >= 11 is 0. The summed E-state index contributed by atoms with van der Waals surface area (Å²) in [6.45, 7) is 1.31. The molecular weight excluding hydrogens is 343 g/mol. The molecule has 0 saturated carbocycles. The Morgan fingerprint density at radius 1 is 1.26 bits per heavy atom. The van der Waals surface area contributed by atoms with Crippen molar-refractivity contribution in [2.24, 2.45) is 0 Å². The first-order chi connectivity index (χ1) is 13.2. The lowest BCUT2D eigenvalue weighted by Gasteiger charge is -2.23. The van der Waals surface area contributed by atoms with Gasteiger partial charge in [-0.1, -0.05) is 30.3 Å². The number of nitrogens with one attached hydrogen (secondary N) is 1. The van der Waals surface area contributed by atoms with E-state index in [4.69, 9.17) is 4.74 Å². The number of benzene rings is 2. The summed E-state index contributed by atoms with van der Waals surface area (Å²) < 4.78 is 19.9. The van der Waals surface area contributed by atoms with Crippen LogP contribution in [-0.4, -0.2) is 41.9 Å². The number of ether oxygens (including phenoxy) is 1. The number of nitrogens with zero attached hydrogens (tertiary/aromatic N) is 1. The number of aromatic amines is 1. The fourth-order valence-corrected chi connectivity index (χ4v) is 4.03. The van der Waals surface area contributed by atoms with Gasteiger partial charge in [0.25, 0.3) is 0 Å². The summed E-state index contributed by atoms with van der Waals surface area (Å²) in [4.78, 5) is 18.0. The summed E-state index contributed by atoms with van der Waals surface area (Å²) in [7, 11) is 1.48. The predicted molar refractivity (Wildman–Crippen MR) is 104 cm³/mol. The van der Waals surface area contributed by atoms with E-state index in [0.29, 0.717) is 18.4 Å². The van der Waals surface area contributed by atoms with Crippen LogP contribution in [0, 0.1) is 5.82 Å². The van der Waals surface area contributed by atoms with Crippen molar-refractivity contribution in [1.82, 2.24) is 9.88 Å². The number of carbonyl (C=O) groups is 1. The molecule has 1 fully saturated rings. The molecule has 4 nitrogen and oxygen atoms in total. The van der Waals surface area contributed by atoms with Crippen molar-refractivity contribution >= 4 is 16.7 Å². The van der Waals surface area contributed by atoms with Crippen LogP contribution in [0.25, 0.3) is 10.9 Å². The number of likely N-dealkylation sites (tertiary alicyclic amines) is 1. The first-order valence-corrected chi connectivity index (χ1v) is 9.32. The van der Waals surface area contributed by atoms with Crippen LogP contribution in [0.1, 0.15) is 28.8 Å². The van der Waals surface area contributed by atoms with E-state index in [0.717, 1.165) is 36.0 Å². The van der Waals surface area contributed by atoms with E-state index in [1.54, 1.807) is 6.07 Å². The summed E-state index contributed by atoms with van der Waals surface area (Å²) in [5.41, 5.74) is 2.45. The van der Waals surface area contributed by atoms with Gasteiger partial charge in [0.15, 0.2) is 17.3 Å². The molecule has 5 heteroatoms. The lowest BCUT2D eigenvalue weighted by atomic mass is 10.0. The molecule has 1 aliphatic rings. The third-order valence-corrected chi connectivity index (χ3v) is 5.45. The molecule has 2 heterocycles. The molecule has 1 aliphatic heterocycles. The van der Waals surface area contributed by atoms with Gasteiger partial charge in [-0.05, 0) is 43.5 Å². The molecular formula is C22H23FN2O2. The molecule has 0 radical (unpaired) electrons. The number of H-pyrrole nitrogens is 1. The Morgan fingerprint density at radius 2 is 2.07 bits per heavy atom. The van der Waals surface area contributed by atoms with E-state index in [2.05, 4.69) is 9.88 Å². The summed E-state index contributed by atoms with van der Waals surface area (Å²) in [5.74, 6) is 0.0660. The van der Waals surface area contributed by atoms with E-state index >= 15 is 0 Å². The number of halogens is 1. The Hall–Kier alpha value is -2.66. The van der Waals surface area contributed by atoms with E-state index in [9.17, 15) is 9.18 Å². The number of rotatable bonds is 6. The van der Waals surface area contributed by atoms with Crippen LogP contribution in [0.5, 0.6) is 5.75 Å². The zero-order valence-corrected chi connectivity index (χ0v) is 15.4. The highest BCUT2D eigenvalue weighted by Gasteiger charge is 2.28. The number of methoxy groups -OCH3 is 1. The van der Waals surface area contributed by atoms with Gasteiger partial charge in [0.05, 0.1) is 13.7 Å². The van der Waals surface area contributed by atoms with Gasteiger partial charge in [-0.25, -0.2) is 4.39 Å². The second kappa shape index (κ2) is 7.53. The third kappa shape index (κ3) is 3.47. The zero-order chi connectivity index (χ0) is 18.8. The van der Waals surface area contributed by atoms with Crippen molar-refractivity contribution in [2.75, 3.05) is 20.2 Å². The van der Waals surface area contributed by atoms with Crippen LogP contribution in [0.2, 0.25) is 0 Å². The average molecular weight is 366 g/mol. The molecule has 27 heavy (non-hydrogen) atoms. The minimum absolute atomic E-state index is 0.134. The molecule has 0 unspecified atom stereocenters. The van der Waals surface area contributed by atoms with Crippen molar-refractivity contribution in [3.8, 4) is 5.75 Å². The Labute approximate surface area is 157 Å². The van der Waals surface area contributed by atoms with Crippen molar-refractivity contribution in [2.45, 2.75) is 25.3 Å². The first kappa shape index (κ1) is 17.7. The van der Waals surface area contributed by atoms with Crippen molar-refractivity contribution in [3.05, 3.63) is 65.6 Å². The van der Waals surface area contributed by atoms with Gasteiger partial charge < -0.3 is 9.72 Å². The Morgan fingerprint density at radius 3 is 2.85 bits per heavy atom. The maximum atomic E-state index is 14.8. The lowest BCUT2D eigenvalue weighted by molar-refractivity contribution is 0.0921. The molecule has 1 saturated heterocycles. The second-order valence-electron chi connectivity index (χ2n) is 7.08. The van der Waals surface area contributed by atoms with Gasteiger partial charge in [-0.3, -0.25) is 9.69 Å². The number of ketones is 1. The van der Waals surface area contributed by atoms with Crippen LogP contribution in [0.3, 0.4) is 0 Å². The number of hydrogen-bond acceptors (Lipinski definition) is 3. The van der Waals surface area contributed by atoms with E-state index in [1.807, 2.05) is 42.6 Å². The molecule has 0 bridgehead atoms. The van der Waals surface area contributed by atoms with E-state index in [1.165, 1.54) is 7.11 Å². The first-order valence-electron chi connectivity index (χ1n) is 9.32. The molecule has 0 spiro atoms. The van der Waals surface area contributed by atoms with Crippen molar-refractivity contribution in [1.29, 1.82) is 0 Å². The smallest absolute Gasteiger partial charge is 0.176 e. The Kier molecular flexibility index (Phi) is 4.94. The summed E-state index contributed by atoms with van der Waals surface area (Å²) in [6.07, 6.45) is 4.66. The van der Waals surface area contributed by atoms with Crippen LogP contribution >= 0.6 is 0 Å². The summed E-state index contributed by atoms with van der Waals surface area (Å²) in [5, 5.41) is 0.593. The highest BCUT2D eigenvalue weighted by Crippen LogP contribution is 2.31. The lowest BCUT2D eigenvalue weighted by Crippen LogP contribution is -2.35. The van der Waals surface area contributed by atoms with Crippen LogP contribution in [0.15, 0.2) is 48.7 Å². The quantitative estimate of drug-likeness (QED) is 0.665. The Bertz CT molecular complexity index is 952. The predicted octanol–water partition coefficient (Wildman–Crippen LogP) is 4.21. The fourth-order valence-electron chi connectivity index (χ4n) is 4.03. The monoisotopic (exact) mass is 366 g/mol. The van der Waals surface area contributed by atoms with Crippen LogP contribution in [-0.2, 0) is 6.42 Å². The topological polar surface area (TPSA) is 45.3 Å². The molecule has 2 aromatic carbocycles. The summed E-state index contributed by atoms with van der Waals surface area (Å²) in [6, 6.07) is 13.1. The van der Waals surface area contributed by atoms with Crippen molar-refractivity contribution < 1.29 is 13.9 Å². The minimum Gasteiger partial charge on any atom is -0.494 e. The minimum atomic E-state index is -0.323. The van der Waals surface area contributed by atoms with Crippen molar-refractivity contribution in [3.63, 3.8) is 0 Å². The maximum Gasteiger partial charge on any atom is 0.176 e. The molecule has 1 atom stereocenters. The van der Waals surface area contributed by atoms with Gasteiger partial charge >= 0.3 is 0 Å². The molecule has 3 aromatic rings. The number of hydrogen-bond donors (Lipinski definition) is 1. The largest absolute Gasteiger partial charge is 0.494 e. The molecule has 1 aromatic heterocycles. The van der Waals surface area contributed by atoms with E-state index < -0.39 is 0 Å². The normalized spacial score (nSPS) is 17.5. The van der Waals surface area contributed by atoms with Crippen LogP contribution in [0.4, 0.5) is 4.39 Å². The maximum absolute atomic E-state index is 14.8. The fraction of sp³-hybridized carbons (Fsp3) is 0.318. The van der Waals surface area contributed by atoms with Crippen LogP contribution < -0.4 is 4.74 Å². The molecule has 4 rings (SSSR count).